The molecule has 2 heteroatoms. The summed E-state index contributed by atoms with van der Waals surface area (Å²) in [4.78, 5) is 0. The topological polar surface area (TPSA) is 32.3 Å². The Morgan fingerprint density at radius 2 is 1.88 bits per heavy atom. The van der Waals surface area contributed by atoms with Gasteiger partial charge in [-0.2, -0.15) is 0 Å². The molecule has 0 radical (unpaired) electrons. The molecule has 2 N–H and O–H groups in total. The highest BCUT2D eigenvalue weighted by molar-refractivity contribution is 5.23. The zero-order chi connectivity index (χ0) is 12.9. The summed E-state index contributed by atoms with van der Waals surface area (Å²) >= 11 is 0. The highest BCUT2D eigenvalue weighted by atomic mass is 16.3. The largest absolute Gasteiger partial charge is 0.396 e. The molecule has 1 aromatic carbocycles. The van der Waals surface area contributed by atoms with Crippen LogP contribution in [-0.2, 0) is 0 Å². The van der Waals surface area contributed by atoms with E-state index in [-0.39, 0.29) is 12.0 Å². The van der Waals surface area contributed by atoms with E-state index in [2.05, 4.69) is 57.3 Å². The van der Waals surface area contributed by atoms with Crippen LogP contribution in [0.1, 0.15) is 44.4 Å². The summed E-state index contributed by atoms with van der Waals surface area (Å²) < 4.78 is 0. The lowest BCUT2D eigenvalue weighted by Gasteiger charge is -2.28. The normalized spacial score (nSPS) is 16.5. The van der Waals surface area contributed by atoms with Gasteiger partial charge in [-0.3, -0.25) is 0 Å². The van der Waals surface area contributed by atoms with Gasteiger partial charge < -0.3 is 10.4 Å². The van der Waals surface area contributed by atoms with Crippen LogP contribution in [0.4, 0.5) is 0 Å². The summed E-state index contributed by atoms with van der Waals surface area (Å²) in [6.07, 6.45) is 0.983. The monoisotopic (exact) mass is 235 g/mol. The van der Waals surface area contributed by atoms with Crippen molar-refractivity contribution < 1.29 is 5.11 Å². The average Bonchev–Trinajstić information content (AvgIpc) is 2.36. The van der Waals surface area contributed by atoms with Crippen molar-refractivity contribution in [2.45, 2.75) is 40.2 Å². The maximum atomic E-state index is 9.37. The van der Waals surface area contributed by atoms with Gasteiger partial charge in [0.05, 0.1) is 0 Å². The molecule has 0 aliphatic carbocycles. The molecule has 0 aliphatic rings. The van der Waals surface area contributed by atoms with Crippen molar-refractivity contribution in [1.82, 2.24) is 5.32 Å². The zero-order valence-corrected chi connectivity index (χ0v) is 11.5. The third-order valence-electron chi connectivity index (χ3n) is 3.65. The second kappa shape index (κ2) is 6.18. The third kappa shape index (κ3) is 4.14. The number of rotatable bonds is 6. The van der Waals surface area contributed by atoms with Gasteiger partial charge in [0.2, 0.25) is 0 Å². The summed E-state index contributed by atoms with van der Waals surface area (Å²) in [6, 6.07) is 8.93. The number of nitrogens with one attached hydrogen (secondary N) is 1. The Balaban J connectivity index is 2.55. The quantitative estimate of drug-likeness (QED) is 0.794. The lowest BCUT2D eigenvalue weighted by molar-refractivity contribution is 0.132. The Kier molecular flexibility index (Phi) is 5.16. The first-order chi connectivity index (χ1) is 8.00. The molecule has 1 unspecified atom stereocenters. The summed E-state index contributed by atoms with van der Waals surface area (Å²) in [6.45, 7) is 9.57. The minimum atomic E-state index is -0.0149. The van der Waals surface area contributed by atoms with Gasteiger partial charge in [-0.25, -0.2) is 0 Å². The number of aliphatic hydroxyl groups is 1. The van der Waals surface area contributed by atoms with Gasteiger partial charge in [0.1, 0.15) is 0 Å². The molecule has 1 aromatic rings. The zero-order valence-electron chi connectivity index (χ0n) is 11.5. The first kappa shape index (κ1) is 14.2. The first-order valence-corrected chi connectivity index (χ1v) is 6.41. The fourth-order valence-corrected chi connectivity index (χ4v) is 1.67. The van der Waals surface area contributed by atoms with E-state index in [0.717, 1.165) is 13.0 Å². The molecule has 0 saturated carbocycles. The van der Waals surface area contributed by atoms with Gasteiger partial charge in [-0.1, -0.05) is 43.7 Å². The Bertz CT molecular complexity index is 327. The molecule has 96 valence electrons. The fraction of sp³-hybridized carbons (Fsp3) is 0.600. The molecule has 0 amide bonds. The maximum absolute atomic E-state index is 9.37. The standard InChI is InChI=1S/C15H25NO/c1-5-15(4,11-17)10-16-13(3)14-8-6-12(2)7-9-14/h6-9,13,16-17H,5,10-11H2,1-4H3/t13-,15?/m0/s1. The van der Waals surface area contributed by atoms with E-state index in [1.54, 1.807) is 0 Å². The molecular formula is C15H25NO. The molecule has 0 heterocycles. The van der Waals surface area contributed by atoms with Crippen LogP contribution in [0.5, 0.6) is 0 Å². The van der Waals surface area contributed by atoms with Crippen molar-refractivity contribution in [2.75, 3.05) is 13.2 Å². The van der Waals surface area contributed by atoms with Crippen LogP contribution in [0.15, 0.2) is 24.3 Å². The number of hydrogen-bond acceptors (Lipinski definition) is 2. The van der Waals surface area contributed by atoms with Crippen LogP contribution in [0.2, 0.25) is 0 Å². The van der Waals surface area contributed by atoms with E-state index in [0.29, 0.717) is 6.04 Å². The SMILES string of the molecule is CCC(C)(CO)CN[C@@H](C)c1ccc(C)cc1. The van der Waals surface area contributed by atoms with E-state index in [1.165, 1.54) is 11.1 Å². The molecule has 17 heavy (non-hydrogen) atoms. The molecule has 0 aliphatic heterocycles. The minimum Gasteiger partial charge on any atom is -0.396 e. The Hall–Kier alpha value is -0.860. The predicted molar refractivity (Wildman–Crippen MR) is 73.1 cm³/mol. The van der Waals surface area contributed by atoms with Crippen LogP contribution >= 0.6 is 0 Å². The van der Waals surface area contributed by atoms with Crippen LogP contribution in [0, 0.1) is 12.3 Å². The molecule has 0 fully saturated rings. The van der Waals surface area contributed by atoms with Gasteiger partial charge in [0, 0.05) is 24.6 Å². The van der Waals surface area contributed by atoms with E-state index in [1.807, 2.05) is 0 Å². The molecule has 0 bridgehead atoms. The Morgan fingerprint density at radius 1 is 1.29 bits per heavy atom. The summed E-state index contributed by atoms with van der Waals surface area (Å²) in [7, 11) is 0. The van der Waals surface area contributed by atoms with E-state index in [4.69, 9.17) is 0 Å². The molecule has 0 saturated heterocycles. The van der Waals surface area contributed by atoms with Crippen LogP contribution in [-0.4, -0.2) is 18.3 Å². The Morgan fingerprint density at radius 3 is 2.35 bits per heavy atom. The maximum Gasteiger partial charge on any atom is 0.0496 e. The van der Waals surface area contributed by atoms with Crippen molar-refractivity contribution in [3.8, 4) is 0 Å². The molecule has 0 aromatic heterocycles. The highest BCUT2D eigenvalue weighted by Gasteiger charge is 2.21. The van der Waals surface area contributed by atoms with E-state index >= 15 is 0 Å². The Labute approximate surface area is 105 Å². The highest BCUT2D eigenvalue weighted by Crippen LogP contribution is 2.21. The van der Waals surface area contributed by atoms with Crippen LogP contribution in [0.3, 0.4) is 0 Å². The van der Waals surface area contributed by atoms with Crippen molar-refractivity contribution in [1.29, 1.82) is 0 Å². The van der Waals surface area contributed by atoms with Crippen LogP contribution in [0.25, 0.3) is 0 Å². The summed E-state index contributed by atoms with van der Waals surface area (Å²) in [5, 5.41) is 12.9. The van der Waals surface area contributed by atoms with E-state index in [9.17, 15) is 5.11 Å². The fourth-order valence-electron chi connectivity index (χ4n) is 1.67. The molecule has 2 nitrogen and oxygen atoms in total. The molecule has 0 spiro atoms. The second-order valence-electron chi connectivity index (χ2n) is 5.34. The second-order valence-corrected chi connectivity index (χ2v) is 5.34. The van der Waals surface area contributed by atoms with Crippen molar-refractivity contribution >= 4 is 0 Å². The van der Waals surface area contributed by atoms with E-state index < -0.39 is 0 Å². The van der Waals surface area contributed by atoms with Gasteiger partial charge in [0.25, 0.3) is 0 Å². The number of benzene rings is 1. The van der Waals surface area contributed by atoms with Gasteiger partial charge in [-0.15, -0.1) is 0 Å². The van der Waals surface area contributed by atoms with Crippen molar-refractivity contribution in [2.24, 2.45) is 5.41 Å². The van der Waals surface area contributed by atoms with Gasteiger partial charge in [0.15, 0.2) is 0 Å². The predicted octanol–water partition coefficient (Wildman–Crippen LogP) is 3.05. The molecule has 2 atom stereocenters. The first-order valence-electron chi connectivity index (χ1n) is 6.41. The van der Waals surface area contributed by atoms with Gasteiger partial charge >= 0.3 is 0 Å². The average molecular weight is 235 g/mol. The summed E-state index contributed by atoms with van der Waals surface area (Å²) in [5.74, 6) is 0. The summed E-state index contributed by atoms with van der Waals surface area (Å²) in [5.41, 5.74) is 2.57. The lowest BCUT2D eigenvalue weighted by Crippen LogP contribution is -2.35. The van der Waals surface area contributed by atoms with Gasteiger partial charge in [-0.05, 0) is 25.8 Å². The number of aryl methyl sites for hydroxylation is 1. The molecular weight excluding hydrogens is 210 g/mol. The van der Waals surface area contributed by atoms with Crippen molar-refractivity contribution in [3.05, 3.63) is 35.4 Å². The minimum absolute atomic E-state index is 0.0149. The number of aliphatic hydroxyl groups excluding tert-OH is 1. The van der Waals surface area contributed by atoms with Crippen LogP contribution < -0.4 is 5.32 Å². The lowest BCUT2D eigenvalue weighted by atomic mass is 9.88. The van der Waals surface area contributed by atoms with Crippen molar-refractivity contribution in [3.63, 3.8) is 0 Å². The third-order valence-corrected chi connectivity index (χ3v) is 3.65. The smallest absolute Gasteiger partial charge is 0.0496 e. The number of hydrogen-bond donors (Lipinski definition) is 2. The molecule has 1 rings (SSSR count).